The summed E-state index contributed by atoms with van der Waals surface area (Å²) in [7, 11) is 0. The number of carboxylic acid groups (broad SMARTS) is 2. The van der Waals surface area contributed by atoms with Crippen LogP contribution in [0.25, 0.3) is 16.9 Å². The summed E-state index contributed by atoms with van der Waals surface area (Å²) < 4.78 is 42.3. The summed E-state index contributed by atoms with van der Waals surface area (Å²) in [5.41, 5.74) is 3.09. The monoisotopic (exact) mass is 645 g/mol. The first-order valence-corrected chi connectivity index (χ1v) is 13.6. The number of carbonyl (C=O) groups is 3. The Labute approximate surface area is 265 Å². The van der Waals surface area contributed by atoms with Gasteiger partial charge in [0.1, 0.15) is 0 Å². The maximum absolute atomic E-state index is 13.6. The number of benzene rings is 2. The van der Waals surface area contributed by atoms with Crippen LogP contribution in [0.4, 0.5) is 30.5 Å². The van der Waals surface area contributed by atoms with Crippen molar-refractivity contribution in [3.8, 4) is 16.9 Å². The molecule has 0 unspecified atom stereocenters. The number of hydrogen-bond donors (Lipinski definition) is 4. The number of carbonyl (C=O) groups excluding carboxylic acids is 1. The van der Waals surface area contributed by atoms with E-state index in [1.807, 2.05) is 13.0 Å². The number of imidazole rings is 1. The highest BCUT2D eigenvalue weighted by Crippen LogP contribution is 2.33. The summed E-state index contributed by atoms with van der Waals surface area (Å²) in [5, 5.41) is 21.3. The van der Waals surface area contributed by atoms with Gasteiger partial charge in [-0.3, -0.25) is 9.78 Å². The molecule has 47 heavy (non-hydrogen) atoms. The number of nitrogens with zero attached hydrogens (tertiary/aromatic N) is 5. The first-order valence-electron chi connectivity index (χ1n) is 13.6. The fourth-order valence-corrected chi connectivity index (χ4v) is 4.02. The van der Waals surface area contributed by atoms with E-state index in [4.69, 9.17) is 10.2 Å². The van der Waals surface area contributed by atoms with Gasteiger partial charge < -0.3 is 25.4 Å². The lowest BCUT2D eigenvalue weighted by atomic mass is 10.1. The molecule has 5 rings (SSSR count). The van der Waals surface area contributed by atoms with Crippen molar-refractivity contribution in [3.63, 3.8) is 0 Å². The average molecular weight is 646 g/mol. The second kappa shape index (κ2) is 14.6. The van der Waals surface area contributed by atoms with E-state index in [0.29, 0.717) is 35.2 Å². The van der Waals surface area contributed by atoms with E-state index in [0.717, 1.165) is 23.3 Å². The number of amides is 1. The number of aromatic nitrogens is 5. The quantitative estimate of drug-likeness (QED) is 0.145. The number of nitrogens with one attached hydrogen (secondary N) is 2. The number of aryl methyl sites for hydroxylation is 2. The molecule has 0 bridgehead atoms. The van der Waals surface area contributed by atoms with E-state index < -0.39 is 29.6 Å². The molecule has 12 nitrogen and oxygen atoms in total. The maximum Gasteiger partial charge on any atom is 0.416 e. The van der Waals surface area contributed by atoms with Gasteiger partial charge >= 0.3 is 18.1 Å². The van der Waals surface area contributed by atoms with Gasteiger partial charge in [-0.1, -0.05) is 6.07 Å². The number of aliphatic carboxylic acids is 2. The predicted molar refractivity (Wildman–Crippen MR) is 165 cm³/mol. The van der Waals surface area contributed by atoms with Crippen LogP contribution in [-0.4, -0.2) is 52.6 Å². The molecule has 5 aromatic rings. The van der Waals surface area contributed by atoms with E-state index in [2.05, 4.69) is 30.6 Å². The Morgan fingerprint density at radius 3 is 2.28 bits per heavy atom. The van der Waals surface area contributed by atoms with Crippen LogP contribution in [0.1, 0.15) is 27.2 Å². The molecule has 0 aliphatic heterocycles. The average Bonchev–Trinajstić information content (AvgIpc) is 3.47. The van der Waals surface area contributed by atoms with Crippen molar-refractivity contribution in [2.24, 2.45) is 0 Å². The lowest BCUT2D eigenvalue weighted by molar-refractivity contribution is -0.137. The van der Waals surface area contributed by atoms with Crippen LogP contribution in [0.5, 0.6) is 0 Å². The second-order valence-corrected chi connectivity index (χ2v) is 9.81. The van der Waals surface area contributed by atoms with Gasteiger partial charge in [-0.05, 0) is 67.9 Å². The minimum absolute atomic E-state index is 0.00114. The number of alkyl halides is 3. The highest BCUT2D eigenvalue weighted by Gasteiger charge is 2.31. The molecule has 0 atom stereocenters. The molecular weight excluding hydrogens is 619 g/mol. The Morgan fingerprint density at radius 1 is 0.915 bits per heavy atom. The third kappa shape index (κ3) is 9.55. The molecule has 1 amide bonds. The van der Waals surface area contributed by atoms with Crippen LogP contribution < -0.4 is 10.6 Å². The standard InChI is InChI=1S/C28H22F3N7O.C4H4O4/c1-17-5-6-19(10-25(17)37-27-33-9-7-24(36-27)20-4-3-8-32-14-20)26(39)35-22-11-21(28(29,30)31)12-23(13-22)38-15-18(2)34-16-38;5-3(6)1-2-4(7)8/h3-16H,1-2H3,(H,35,39)(H,33,36,37);1-2H,(H,5,6)(H,7,8)/b;2-1-. The largest absolute Gasteiger partial charge is 0.478 e. The molecule has 3 heterocycles. The van der Waals surface area contributed by atoms with Gasteiger partial charge in [0.05, 0.1) is 23.3 Å². The first kappa shape index (κ1) is 33.5. The molecule has 0 fully saturated rings. The zero-order valence-corrected chi connectivity index (χ0v) is 24.7. The molecule has 4 N–H and O–H groups in total. The molecule has 0 aliphatic carbocycles. The van der Waals surface area contributed by atoms with Crippen molar-refractivity contribution in [1.29, 1.82) is 0 Å². The molecule has 0 saturated carbocycles. The predicted octanol–water partition coefficient (Wildman–Crippen LogP) is 6.07. The van der Waals surface area contributed by atoms with Gasteiger partial charge in [-0.2, -0.15) is 13.2 Å². The molecule has 0 spiro atoms. The van der Waals surface area contributed by atoms with Gasteiger partial charge in [-0.25, -0.2) is 24.5 Å². The van der Waals surface area contributed by atoms with Gasteiger partial charge in [0.2, 0.25) is 5.95 Å². The van der Waals surface area contributed by atoms with E-state index in [1.54, 1.807) is 62.0 Å². The molecule has 3 aromatic heterocycles. The van der Waals surface area contributed by atoms with Gasteiger partial charge in [0.25, 0.3) is 5.91 Å². The molecule has 0 aliphatic rings. The third-order valence-corrected chi connectivity index (χ3v) is 6.24. The van der Waals surface area contributed by atoms with E-state index >= 15 is 0 Å². The number of pyridine rings is 1. The van der Waals surface area contributed by atoms with Crippen molar-refractivity contribution in [2.75, 3.05) is 10.6 Å². The normalized spacial score (nSPS) is 11.0. The fourth-order valence-electron chi connectivity index (χ4n) is 4.02. The SMILES string of the molecule is Cc1cn(-c2cc(NC(=O)c3ccc(C)c(Nc4nccc(-c5cccnc5)n4)c3)cc(C(F)(F)F)c2)cn1.O=C(O)/C=C\C(=O)O. The van der Waals surface area contributed by atoms with Crippen molar-refractivity contribution in [3.05, 3.63) is 120 Å². The van der Waals surface area contributed by atoms with Crippen LogP contribution in [-0.2, 0) is 15.8 Å². The summed E-state index contributed by atoms with van der Waals surface area (Å²) in [6, 6.07) is 13.7. The maximum atomic E-state index is 13.6. The zero-order valence-electron chi connectivity index (χ0n) is 24.7. The van der Waals surface area contributed by atoms with Crippen LogP contribution in [0, 0.1) is 13.8 Å². The number of hydrogen-bond acceptors (Lipinski definition) is 8. The number of anilines is 3. The topological polar surface area (TPSA) is 172 Å². The molecule has 2 aromatic carbocycles. The summed E-state index contributed by atoms with van der Waals surface area (Å²) in [5.74, 6) is -2.77. The van der Waals surface area contributed by atoms with E-state index in [-0.39, 0.29) is 16.9 Å². The summed E-state index contributed by atoms with van der Waals surface area (Å²) >= 11 is 0. The Kier molecular flexibility index (Phi) is 10.4. The molecule has 240 valence electrons. The molecule has 0 radical (unpaired) electrons. The highest BCUT2D eigenvalue weighted by molar-refractivity contribution is 6.05. The summed E-state index contributed by atoms with van der Waals surface area (Å²) in [6.07, 6.45) is 4.50. The molecule has 0 saturated heterocycles. The third-order valence-electron chi connectivity index (χ3n) is 6.24. The van der Waals surface area contributed by atoms with Crippen LogP contribution in [0.2, 0.25) is 0 Å². The van der Waals surface area contributed by atoms with Gasteiger partial charge in [0.15, 0.2) is 0 Å². The molecular formula is C32H26F3N7O5. The molecule has 15 heteroatoms. The van der Waals surface area contributed by atoms with Crippen LogP contribution in [0.3, 0.4) is 0 Å². The van der Waals surface area contributed by atoms with Crippen molar-refractivity contribution in [2.45, 2.75) is 20.0 Å². The van der Waals surface area contributed by atoms with Crippen molar-refractivity contribution in [1.82, 2.24) is 24.5 Å². The Balaban J connectivity index is 0.000000555. The summed E-state index contributed by atoms with van der Waals surface area (Å²) in [6.45, 7) is 3.58. The number of carboxylic acids is 2. The Hall–Kier alpha value is -6.38. The number of halogens is 3. The second-order valence-electron chi connectivity index (χ2n) is 9.81. The minimum Gasteiger partial charge on any atom is -0.478 e. The van der Waals surface area contributed by atoms with Gasteiger partial charge in [-0.15, -0.1) is 0 Å². The van der Waals surface area contributed by atoms with Gasteiger partial charge in [0, 0.05) is 65.1 Å². The first-order chi connectivity index (χ1) is 22.3. The van der Waals surface area contributed by atoms with Crippen molar-refractivity contribution < 1.29 is 37.8 Å². The highest BCUT2D eigenvalue weighted by atomic mass is 19.4. The Bertz CT molecular complexity index is 1930. The zero-order chi connectivity index (χ0) is 34.1. The smallest absolute Gasteiger partial charge is 0.416 e. The fraction of sp³-hybridized carbons (Fsp3) is 0.0938. The summed E-state index contributed by atoms with van der Waals surface area (Å²) in [4.78, 5) is 49.2. The van der Waals surface area contributed by atoms with Crippen molar-refractivity contribution >= 4 is 35.2 Å². The lowest BCUT2D eigenvalue weighted by Crippen LogP contribution is -2.14. The van der Waals surface area contributed by atoms with Crippen LogP contribution >= 0.6 is 0 Å². The minimum atomic E-state index is -4.60. The van der Waals surface area contributed by atoms with E-state index in [1.165, 1.54) is 17.0 Å². The Morgan fingerprint density at radius 2 is 1.66 bits per heavy atom. The van der Waals surface area contributed by atoms with Crippen LogP contribution in [0.15, 0.2) is 97.9 Å². The van der Waals surface area contributed by atoms with E-state index in [9.17, 15) is 27.6 Å². The lowest BCUT2D eigenvalue weighted by Gasteiger charge is -2.14. The number of rotatable bonds is 8.